The molecule has 1 saturated heterocycles. The van der Waals surface area contributed by atoms with Crippen LogP contribution in [-0.2, 0) is 4.79 Å². The van der Waals surface area contributed by atoms with Crippen molar-refractivity contribution in [1.29, 1.82) is 5.26 Å². The molecule has 1 aliphatic carbocycles. The smallest absolute Gasteiger partial charge is 0.207 e. The minimum absolute atomic E-state index is 0.0303. The molecule has 2 rings (SSSR count). The third kappa shape index (κ3) is 0.773. The molecule has 0 aromatic carbocycles. The van der Waals surface area contributed by atoms with Crippen molar-refractivity contribution < 1.29 is 4.79 Å². The normalized spacial score (nSPS) is 39.2. The van der Waals surface area contributed by atoms with E-state index >= 15 is 0 Å². The number of rotatable bonds is 2. The first kappa shape index (κ1) is 6.47. The number of fused-ring (bicyclic) bond motifs is 1. The van der Waals surface area contributed by atoms with Crippen molar-refractivity contribution in [3.8, 4) is 6.19 Å². The molecular weight excluding hydrogens is 142 g/mol. The van der Waals surface area contributed by atoms with Gasteiger partial charge in [0, 0.05) is 12.5 Å². The van der Waals surface area contributed by atoms with Crippen LogP contribution in [0.15, 0.2) is 0 Å². The Balaban J connectivity index is 2.02. The molecule has 2 fully saturated rings. The van der Waals surface area contributed by atoms with E-state index < -0.39 is 0 Å². The minimum atomic E-state index is -0.0303. The van der Waals surface area contributed by atoms with Crippen LogP contribution in [0.4, 0.5) is 0 Å². The summed E-state index contributed by atoms with van der Waals surface area (Å²) in [5, 5.41) is 11.3. The van der Waals surface area contributed by atoms with E-state index in [1.165, 1.54) is 0 Å². The van der Waals surface area contributed by atoms with Crippen molar-refractivity contribution in [3.05, 3.63) is 0 Å². The second kappa shape index (κ2) is 1.88. The van der Waals surface area contributed by atoms with Crippen molar-refractivity contribution in [2.45, 2.75) is 12.0 Å². The lowest BCUT2D eigenvalue weighted by molar-refractivity contribution is -0.110. The fraction of sp³-hybridized carbons (Fsp3) is 0.714. The maximum atomic E-state index is 10.2. The Hall–Kier alpha value is -1.24. The van der Waals surface area contributed by atoms with Crippen molar-refractivity contribution >= 4 is 6.41 Å². The van der Waals surface area contributed by atoms with Crippen molar-refractivity contribution in [1.82, 2.24) is 10.2 Å². The van der Waals surface area contributed by atoms with Gasteiger partial charge in [-0.2, -0.15) is 5.26 Å². The Bertz CT molecular complexity index is 234. The highest BCUT2D eigenvalue weighted by Gasteiger charge is 2.60. The molecule has 1 N–H and O–H groups in total. The van der Waals surface area contributed by atoms with Gasteiger partial charge in [-0.3, -0.25) is 4.79 Å². The second-order valence-electron chi connectivity index (χ2n) is 3.30. The number of nitriles is 1. The number of likely N-dealkylation sites (tertiary alicyclic amines) is 1. The van der Waals surface area contributed by atoms with Crippen LogP contribution in [0.2, 0.25) is 0 Å². The topological polar surface area (TPSA) is 56.1 Å². The van der Waals surface area contributed by atoms with Gasteiger partial charge in [-0.25, -0.2) is 0 Å². The van der Waals surface area contributed by atoms with E-state index in [9.17, 15) is 4.79 Å². The lowest BCUT2D eigenvalue weighted by Gasteiger charge is -2.13. The Morgan fingerprint density at radius 2 is 2.64 bits per heavy atom. The number of hydrogen-bond donors (Lipinski definition) is 1. The fourth-order valence-electron chi connectivity index (χ4n) is 1.90. The van der Waals surface area contributed by atoms with Gasteiger partial charge in [0.05, 0.1) is 12.1 Å². The molecule has 0 aromatic heterocycles. The predicted molar refractivity (Wildman–Crippen MR) is 37.2 cm³/mol. The molecule has 0 spiro atoms. The number of amides is 1. The molecule has 2 atom stereocenters. The van der Waals surface area contributed by atoms with E-state index in [1.807, 2.05) is 0 Å². The van der Waals surface area contributed by atoms with Gasteiger partial charge in [0.25, 0.3) is 0 Å². The summed E-state index contributed by atoms with van der Waals surface area (Å²) in [6.45, 7) is 1.52. The van der Waals surface area contributed by atoms with Crippen molar-refractivity contribution in [3.63, 3.8) is 0 Å². The maximum Gasteiger partial charge on any atom is 0.207 e. The van der Waals surface area contributed by atoms with Gasteiger partial charge in [-0.15, -0.1) is 0 Å². The highest BCUT2D eigenvalue weighted by atomic mass is 16.1. The molecule has 4 nitrogen and oxygen atoms in total. The van der Waals surface area contributed by atoms with Crippen LogP contribution in [0, 0.1) is 17.4 Å². The van der Waals surface area contributed by atoms with Crippen LogP contribution in [0.3, 0.4) is 0 Å². The molecule has 1 saturated carbocycles. The monoisotopic (exact) mass is 151 g/mol. The molecule has 11 heavy (non-hydrogen) atoms. The Morgan fingerprint density at radius 3 is 3.18 bits per heavy atom. The lowest BCUT2D eigenvalue weighted by Crippen LogP contribution is -2.36. The number of piperidine rings is 1. The van der Waals surface area contributed by atoms with Crippen LogP contribution in [0.25, 0.3) is 0 Å². The van der Waals surface area contributed by atoms with Crippen LogP contribution in [0.5, 0.6) is 0 Å². The molecule has 58 valence electrons. The van der Waals surface area contributed by atoms with Gasteiger partial charge in [-0.1, -0.05) is 0 Å². The van der Waals surface area contributed by atoms with Crippen molar-refractivity contribution in [2.75, 3.05) is 13.1 Å². The largest absolute Gasteiger partial charge is 0.351 e. The Morgan fingerprint density at radius 1 is 1.82 bits per heavy atom. The summed E-state index contributed by atoms with van der Waals surface area (Å²) in [5.74, 6) is 0.521. The van der Waals surface area contributed by atoms with Crippen LogP contribution in [-0.4, -0.2) is 29.9 Å². The quantitative estimate of drug-likeness (QED) is 0.419. The Kier molecular flexibility index (Phi) is 1.10. The summed E-state index contributed by atoms with van der Waals surface area (Å²) in [5.41, 5.74) is -0.0303. The number of carbonyl (C=O) groups is 1. The van der Waals surface area contributed by atoms with E-state index in [-0.39, 0.29) is 5.54 Å². The van der Waals surface area contributed by atoms with E-state index in [2.05, 4.69) is 11.5 Å². The zero-order valence-electron chi connectivity index (χ0n) is 6.08. The van der Waals surface area contributed by atoms with Crippen LogP contribution in [0.1, 0.15) is 6.42 Å². The summed E-state index contributed by atoms with van der Waals surface area (Å²) in [4.78, 5) is 11.9. The molecule has 2 unspecified atom stereocenters. The molecule has 0 radical (unpaired) electrons. The molecule has 1 aliphatic heterocycles. The first-order valence-electron chi connectivity index (χ1n) is 3.67. The first-order chi connectivity index (χ1) is 5.30. The number of carbonyl (C=O) groups excluding carboxylic acids is 1. The van der Waals surface area contributed by atoms with Crippen molar-refractivity contribution in [2.24, 2.45) is 5.92 Å². The summed E-state index contributed by atoms with van der Waals surface area (Å²) in [6, 6.07) is 0. The van der Waals surface area contributed by atoms with Crippen LogP contribution >= 0.6 is 0 Å². The molecule has 4 heteroatoms. The van der Waals surface area contributed by atoms with E-state index in [1.54, 1.807) is 4.90 Å². The van der Waals surface area contributed by atoms with Gasteiger partial charge in [0.15, 0.2) is 6.19 Å². The van der Waals surface area contributed by atoms with Crippen LogP contribution < -0.4 is 5.32 Å². The van der Waals surface area contributed by atoms with Gasteiger partial charge < -0.3 is 10.2 Å². The summed E-state index contributed by atoms with van der Waals surface area (Å²) in [7, 11) is 0. The molecule has 1 amide bonds. The van der Waals surface area contributed by atoms with Gasteiger partial charge in [-0.05, 0) is 6.42 Å². The summed E-state index contributed by atoms with van der Waals surface area (Å²) < 4.78 is 0. The molecule has 2 aliphatic rings. The number of nitrogens with one attached hydrogen (secondary N) is 1. The molecule has 0 aromatic rings. The Labute approximate surface area is 64.8 Å². The predicted octanol–water partition coefficient (Wildman–Crippen LogP) is -0.712. The summed E-state index contributed by atoms with van der Waals surface area (Å²) >= 11 is 0. The second-order valence-corrected chi connectivity index (χ2v) is 3.30. The fourth-order valence-corrected chi connectivity index (χ4v) is 1.90. The average Bonchev–Trinajstić information content (AvgIpc) is 2.54. The zero-order valence-corrected chi connectivity index (χ0v) is 6.08. The minimum Gasteiger partial charge on any atom is -0.351 e. The van der Waals surface area contributed by atoms with E-state index in [4.69, 9.17) is 5.26 Å². The van der Waals surface area contributed by atoms with E-state index in [0.29, 0.717) is 12.5 Å². The maximum absolute atomic E-state index is 10.2. The molecule has 1 heterocycles. The molecular formula is C7H9N3O. The average molecular weight is 151 g/mol. The lowest BCUT2D eigenvalue weighted by atomic mass is 10.2. The van der Waals surface area contributed by atoms with Gasteiger partial charge in [0.2, 0.25) is 6.41 Å². The standard InChI is InChI=1S/C7H9N3O/c8-4-10-2-6-1-7(6,3-10)9-5-11/h5-6H,1-3H2,(H,9,11). The van der Waals surface area contributed by atoms with Gasteiger partial charge in [0.1, 0.15) is 0 Å². The van der Waals surface area contributed by atoms with E-state index in [0.717, 1.165) is 19.4 Å². The zero-order chi connectivity index (χ0) is 7.90. The third-order valence-electron chi connectivity index (χ3n) is 2.63. The highest BCUT2D eigenvalue weighted by Crippen LogP contribution is 2.48. The SMILES string of the molecule is N#CN1CC2CC2(NC=O)C1. The number of hydrogen-bond acceptors (Lipinski definition) is 3. The molecule has 0 bridgehead atoms. The first-order valence-corrected chi connectivity index (χ1v) is 3.67. The van der Waals surface area contributed by atoms with Gasteiger partial charge >= 0.3 is 0 Å². The number of nitrogens with zero attached hydrogens (tertiary/aromatic N) is 2. The highest BCUT2D eigenvalue weighted by molar-refractivity contribution is 5.50. The third-order valence-corrected chi connectivity index (χ3v) is 2.63. The summed E-state index contributed by atoms with van der Waals surface area (Å²) in [6.07, 6.45) is 3.87.